The quantitative estimate of drug-likeness (QED) is 0.716. The highest BCUT2D eigenvalue weighted by molar-refractivity contribution is 6.30. The maximum absolute atomic E-state index is 6.16. The molecular weight excluding hydrogens is 296 g/mol. The van der Waals surface area contributed by atoms with Gasteiger partial charge in [0.15, 0.2) is 0 Å². The normalized spacial score (nSPS) is 11.2. The maximum Gasteiger partial charge on any atom is 0.124 e. The van der Waals surface area contributed by atoms with E-state index in [4.69, 9.17) is 16.3 Å². The van der Waals surface area contributed by atoms with E-state index in [2.05, 4.69) is 31.9 Å². The maximum atomic E-state index is 6.16. The topological polar surface area (TPSA) is 27.1 Å². The SMILES string of the molecule is CCC(CC)COc1ccc(Cl)cc1Cn1nc(C)cc1C. The van der Waals surface area contributed by atoms with Crippen molar-refractivity contribution in [3.8, 4) is 5.75 Å². The molecule has 0 aliphatic heterocycles. The number of hydrogen-bond acceptors (Lipinski definition) is 2. The molecule has 2 aromatic rings. The number of benzene rings is 1. The Bertz CT molecular complexity index is 618. The summed E-state index contributed by atoms with van der Waals surface area (Å²) in [5, 5.41) is 5.25. The van der Waals surface area contributed by atoms with Crippen molar-refractivity contribution in [2.45, 2.75) is 47.1 Å². The summed E-state index contributed by atoms with van der Waals surface area (Å²) in [6.45, 7) is 9.91. The van der Waals surface area contributed by atoms with E-state index in [1.807, 2.05) is 29.8 Å². The number of aromatic nitrogens is 2. The lowest BCUT2D eigenvalue weighted by atomic mass is 10.1. The molecule has 0 radical (unpaired) electrons. The Morgan fingerprint density at radius 1 is 1.18 bits per heavy atom. The molecule has 1 aromatic carbocycles. The number of halogens is 1. The van der Waals surface area contributed by atoms with Crippen LogP contribution in [0, 0.1) is 19.8 Å². The molecule has 0 saturated heterocycles. The van der Waals surface area contributed by atoms with Gasteiger partial charge in [0.2, 0.25) is 0 Å². The van der Waals surface area contributed by atoms with Crippen LogP contribution < -0.4 is 4.74 Å². The molecule has 0 amide bonds. The van der Waals surface area contributed by atoms with E-state index < -0.39 is 0 Å². The fourth-order valence-electron chi connectivity index (χ4n) is 2.54. The summed E-state index contributed by atoms with van der Waals surface area (Å²) < 4.78 is 8.05. The number of rotatable bonds is 7. The van der Waals surface area contributed by atoms with Crippen molar-refractivity contribution in [3.05, 3.63) is 46.2 Å². The highest BCUT2D eigenvalue weighted by Gasteiger charge is 2.11. The second kappa shape index (κ2) is 7.68. The third-order valence-corrected chi connectivity index (χ3v) is 4.31. The molecule has 0 aliphatic rings. The van der Waals surface area contributed by atoms with Crippen LogP contribution in [0.25, 0.3) is 0 Å². The zero-order valence-electron chi connectivity index (χ0n) is 13.9. The lowest BCUT2D eigenvalue weighted by Gasteiger charge is -2.17. The van der Waals surface area contributed by atoms with Gasteiger partial charge in [-0.3, -0.25) is 4.68 Å². The Hall–Kier alpha value is -1.48. The standard InChI is InChI=1S/C18H25ClN2O/c1-5-15(6-2)12-22-18-8-7-17(19)10-16(18)11-21-14(4)9-13(3)20-21/h7-10,15H,5-6,11-12H2,1-4H3. The summed E-state index contributed by atoms with van der Waals surface area (Å²) in [4.78, 5) is 0. The first-order valence-electron chi connectivity index (χ1n) is 7.95. The van der Waals surface area contributed by atoms with Crippen molar-refractivity contribution >= 4 is 11.6 Å². The van der Waals surface area contributed by atoms with Gasteiger partial charge in [-0.15, -0.1) is 0 Å². The minimum Gasteiger partial charge on any atom is -0.493 e. The first-order valence-corrected chi connectivity index (χ1v) is 8.33. The van der Waals surface area contributed by atoms with E-state index >= 15 is 0 Å². The Balaban J connectivity index is 2.18. The van der Waals surface area contributed by atoms with Gasteiger partial charge in [-0.2, -0.15) is 5.10 Å². The van der Waals surface area contributed by atoms with Crippen molar-refractivity contribution < 1.29 is 4.74 Å². The van der Waals surface area contributed by atoms with Crippen LogP contribution >= 0.6 is 11.6 Å². The predicted molar refractivity (Wildman–Crippen MR) is 91.8 cm³/mol. The summed E-state index contributed by atoms with van der Waals surface area (Å²) in [7, 11) is 0. The second-order valence-electron chi connectivity index (χ2n) is 5.83. The van der Waals surface area contributed by atoms with Gasteiger partial charge in [-0.05, 0) is 44.0 Å². The fraction of sp³-hybridized carbons (Fsp3) is 0.500. The third kappa shape index (κ3) is 4.26. The molecule has 0 bridgehead atoms. The average molecular weight is 321 g/mol. The smallest absolute Gasteiger partial charge is 0.124 e. The fourth-order valence-corrected chi connectivity index (χ4v) is 2.74. The lowest BCUT2D eigenvalue weighted by molar-refractivity contribution is 0.238. The molecule has 0 atom stereocenters. The van der Waals surface area contributed by atoms with Crippen LogP contribution in [0.1, 0.15) is 43.6 Å². The molecule has 3 nitrogen and oxygen atoms in total. The number of ether oxygens (including phenoxy) is 1. The van der Waals surface area contributed by atoms with E-state index in [1.165, 1.54) is 0 Å². The lowest BCUT2D eigenvalue weighted by Crippen LogP contribution is -2.12. The van der Waals surface area contributed by atoms with Gasteiger partial charge in [0.25, 0.3) is 0 Å². The van der Waals surface area contributed by atoms with E-state index in [-0.39, 0.29) is 0 Å². The summed E-state index contributed by atoms with van der Waals surface area (Å²) in [6, 6.07) is 7.90. The van der Waals surface area contributed by atoms with Crippen LogP contribution in [0.4, 0.5) is 0 Å². The van der Waals surface area contributed by atoms with Gasteiger partial charge in [-0.25, -0.2) is 0 Å². The number of nitrogens with zero attached hydrogens (tertiary/aromatic N) is 2. The highest BCUT2D eigenvalue weighted by atomic mass is 35.5. The van der Waals surface area contributed by atoms with Crippen LogP contribution in [-0.4, -0.2) is 16.4 Å². The van der Waals surface area contributed by atoms with Crippen molar-refractivity contribution in [1.82, 2.24) is 9.78 Å². The summed E-state index contributed by atoms with van der Waals surface area (Å²) in [5.41, 5.74) is 3.24. The van der Waals surface area contributed by atoms with E-state index in [1.54, 1.807) is 0 Å². The third-order valence-electron chi connectivity index (χ3n) is 4.08. The van der Waals surface area contributed by atoms with E-state index in [0.717, 1.165) is 47.2 Å². The number of aryl methyl sites for hydroxylation is 2. The number of hydrogen-bond donors (Lipinski definition) is 0. The van der Waals surface area contributed by atoms with Crippen LogP contribution in [0.3, 0.4) is 0 Å². The molecule has 22 heavy (non-hydrogen) atoms. The zero-order chi connectivity index (χ0) is 16.1. The first kappa shape index (κ1) is 16.9. The van der Waals surface area contributed by atoms with Crippen LogP contribution in [-0.2, 0) is 6.54 Å². The Morgan fingerprint density at radius 2 is 1.91 bits per heavy atom. The molecule has 0 unspecified atom stereocenters. The molecular formula is C18H25ClN2O. The monoisotopic (exact) mass is 320 g/mol. The van der Waals surface area contributed by atoms with Gasteiger partial charge in [0.05, 0.1) is 18.8 Å². The first-order chi connectivity index (χ1) is 10.5. The van der Waals surface area contributed by atoms with E-state index in [9.17, 15) is 0 Å². The Kier molecular flexibility index (Phi) is 5.90. The second-order valence-corrected chi connectivity index (χ2v) is 6.27. The average Bonchev–Trinajstić information content (AvgIpc) is 2.80. The predicted octanol–water partition coefficient (Wildman–Crippen LogP) is 5.02. The van der Waals surface area contributed by atoms with Crippen LogP contribution in [0.5, 0.6) is 5.75 Å². The highest BCUT2D eigenvalue weighted by Crippen LogP contribution is 2.25. The molecule has 1 aromatic heterocycles. The minimum absolute atomic E-state index is 0.595. The molecule has 0 saturated carbocycles. The van der Waals surface area contributed by atoms with Crippen molar-refractivity contribution in [1.29, 1.82) is 0 Å². The molecule has 0 spiro atoms. The Morgan fingerprint density at radius 3 is 2.50 bits per heavy atom. The molecule has 4 heteroatoms. The molecule has 0 fully saturated rings. The summed E-state index contributed by atoms with van der Waals surface area (Å²) >= 11 is 6.16. The van der Waals surface area contributed by atoms with Gasteiger partial charge in [0.1, 0.15) is 5.75 Å². The molecule has 120 valence electrons. The van der Waals surface area contributed by atoms with Gasteiger partial charge >= 0.3 is 0 Å². The van der Waals surface area contributed by atoms with Gasteiger partial charge in [-0.1, -0.05) is 38.3 Å². The molecule has 0 aliphatic carbocycles. The van der Waals surface area contributed by atoms with Crippen molar-refractivity contribution in [3.63, 3.8) is 0 Å². The Labute approximate surface area is 138 Å². The van der Waals surface area contributed by atoms with Crippen molar-refractivity contribution in [2.75, 3.05) is 6.61 Å². The molecule has 1 heterocycles. The van der Waals surface area contributed by atoms with Crippen molar-refractivity contribution in [2.24, 2.45) is 5.92 Å². The summed E-state index contributed by atoms with van der Waals surface area (Å²) in [5.74, 6) is 1.50. The molecule has 2 rings (SSSR count). The van der Waals surface area contributed by atoms with E-state index in [0.29, 0.717) is 12.5 Å². The zero-order valence-corrected chi connectivity index (χ0v) is 14.7. The molecule has 0 N–H and O–H groups in total. The largest absolute Gasteiger partial charge is 0.493 e. The van der Waals surface area contributed by atoms with Gasteiger partial charge in [0, 0.05) is 16.3 Å². The summed E-state index contributed by atoms with van der Waals surface area (Å²) in [6.07, 6.45) is 2.27. The van der Waals surface area contributed by atoms with Crippen LogP contribution in [0.2, 0.25) is 5.02 Å². The van der Waals surface area contributed by atoms with Crippen LogP contribution in [0.15, 0.2) is 24.3 Å². The minimum atomic E-state index is 0.595. The van der Waals surface area contributed by atoms with Gasteiger partial charge < -0.3 is 4.74 Å².